The van der Waals surface area contributed by atoms with E-state index in [1.807, 2.05) is 5.48 Å². The third-order valence-electron chi connectivity index (χ3n) is 2.30. The summed E-state index contributed by atoms with van der Waals surface area (Å²) < 4.78 is 37.9. The van der Waals surface area contributed by atoms with Crippen molar-refractivity contribution in [3.05, 3.63) is 35.4 Å². The van der Waals surface area contributed by atoms with Gasteiger partial charge in [-0.2, -0.15) is 13.2 Å². The van der Waals surface area contributed by atoms with Crippen LogP contribution < -0.4 is 5.48 Å². The molecule has 1 aliphatic rings. The van der Waals surface area contributed by atoms with E-state index in [0.717, 1.165) is 6.07 Å². The third kappa shape index (κ3) is 2.01. The number of hydrogen-bond acceptors (Lipinski definition) is 2. The second-order valence-corrected chi connectivity index (χ2v) is 3.42. The molecule has 1 saturated heterocycles. The van der Waals surface area contributed by atoms with Gasteiger partial charge in [0.15, 0.2) is 0 Å². The molecule has 1 aliphatic heterocycles. The molecule has 0 radical (unpaired) electrons. The minimum absolute atomic E-state index is 0.0200. The number of carbonyl (C=O) groups is 1. The van der Waals surface area contributed by atoms with Gasteiger partial charge in [0.25, 0.3) is 0 Å². The fourth-order valence-electron chi connectivity index (χ4n) is 1.60. The van der Waals surface area contributed by atoms with E-state index in [1.54, 1.807) is 0 Å². The van der Waals surface area contributed by atoms with Gasteiger partial charge in [0, 0.05) is 0 Å². The maximum Gasteiger partial charge on any atom is 0.416 e. The molecule has 86 valence electrons. The van der Waals surface area contributed by atoms with Crippen LogP contribution in [0.25, 0.3) is 0 Å². The summed E-state index contributed by atoms with van der Waals surface area (Å²) in [5.74, 6) is -0.415. The van der Waals surface area contributed by atoms with Gasteiger partial charge in [-0.05, 0) is 11.6 Å². The Morgan fingerprint density at radius 3 is 2.56 bits per heavy atom. The summed E-state index contributed by atoms with van der Waals surface area (Å²) in [6.45, 7) is 0. The topological polar surface area (TPSA) is 38.3 Å². The summed E-state index contributed by atoms with van der Waals surface area (Å²) in [7, 11) is 0. The van der Waals surface area contributed by atoms with Crippen LogP contribution in [-0.2, 0) is 15.8 Å². The molecule has 16 heavy (non-hydrogen) atoms. The average Bonchev–Trinajstić information content (AvgIpc) is 2.64. The van der Waals surface area contributed by atoms with Gasteiger partial charge in [-0.1, -0.05) is 18.2 Å². The van der Waals surface area contributed by atoms with E-state index in [-0.39, 0.29) is 12.0 Å². The van der Waals surface area contributed by atoms with Crippen LogP contribution >= 0.6 is 0 Å². The molecule has 2 rings (SSSR count). The van der Waals surface area contributed by atoms with Crippen molar-refractivity contribution in [2.24, 2.45) is 0 Å². The van der Waals surface area contributed by atoms with Gasteiger partial charge in [0.05, 0.1) is 12.0 Å². The fraction of sp³-hybridized carbons (Fsp3) is 0.300. The Hall–Kier alpha value is -1.56. The smallest absolute Gasteiger partial charge is 0.273 e. The van der Waals surface area contributed by atoms with Crippen LogP contribution in [0, 0.1) is 0 Å². The lowest BCUT2D eigenvalue weighted by atomic mass is 10.0. The average molecular weight is 231 g/mol. The zero-order valence-corrected chi connectivity index (χ0v) is 8.04. The summed E-state index contributed by atoms with van der Waals surface area (Å²) in [5, 5.41) is 0. The molecule has 1 heterocycles. The first-order valence-electron chi connectivity index (χ1n) is 4.59. The molecule has 1 amide bonds. The molecule has 3 nitrogen and oxygen atoms in total. The van der Waals surface area contributed by atoms with Gasteiger partial charge in [0.1, 0.15) is 6.10 Å². The fourth-order valence-corrected chi connectivity index (χ4v) is 1.60. The predicted octanol–water partition coefficient (Wildman–Crippen LogP) is 2.20. The molecule has 1 fully saturated rings. The molecule has 1 N–H and O–H groups in total. The molecule has 1 aromatic rings. The number of carbonyl (C=O) groups excluding carboxylic acids is 1. The number of hydroxylamine groups is 1. The summed E-state index contributed by atoms with van der Waals surface area (Å²) in [6, 6.07) is 5.07. The van der Waals surface area contributed by atoms with Crippen LogP contribution in [0.4, 0.5) is 13.2 Å². The van der Waals surface area contributed by atoms with Gasteiger partial charge in [-0.15, -0.1) is 0 Å². The van der Waals surface area contributed by atoms with Gasteiger partial charge in [0.2, 0.25) is 5.91 Å². The summed E-state index contributed by atoms with van der Waals surface area (Å²) in [6.07, 6.45) is -5.40. The molecule has 0 aromatic heterocycles. The lowest BCUT2D eigenvalue weighted by molar-refractivity contribution is -0.139. The summed E-state index contributed by atoms with van der Waals surface area (Å²) in [5.41, 5.74) is 1.25. The van der Waals surface area contributed by atoms with Gasteiger partial charge < -0.3 is 0 Å². The second kappa shape index (κ2) is 3.79. The van der Waals surface area contributed by atoms with E-state index in [2.05, 4.69) is 0 Å². The Balaban J connectivity index is 2.37. The minimum Gasteiger partial charge on any atom is -0.273 e. The highest BCUT2D eigenvalue weighted by Crippen LogP contribution is 2.37. The van der Waals surface area contributed by atoms with Gasteiger partial charge >= 0.3 is 6.18 Å². The van der Waals surface area contributed by atoms with Crippen molar-refractivity contribution in [2.45, 2.75) is 18.7 Å². The standard InChI is InChI=1S/C10H8F3NO2/c11-10(12,13)7-4-2-1-3-6(7)8-5-9(15)14-16-8/h1-4,8H,5H2,(H,14,15). The van der Waals surface area contributed by atoms with Crippen molar-refractivity contribution in [1.29, 1.82) is 0 Å². The van der Waals surface area contributed by atoms with E-state index in [4.69, 9.17) is 4.84 Å². The number of amides is 1. The molecular formula is C10H8F3NO2. The summed E-state index contributed by atoms with van der Waals surface area (Å²) in [4.78, 5) is 15.7. The van der Waals surface area contributed by atoms with Crippen LogP contribution in [0.2, 0.25) is 0 Å². The third-order valence-corrected chi connectivity index (χ3v) is 2.30. The zero-order valence-electron chi connectivity index (χ0n) is 8.04. The number of benzene rings is 1. The highest BCUT2D eigenvalue weighted by atomic mass is 19.4. The number of nitrogens with one attached hydrogen (secondary N) is 1. The Labute approximate surface area is 89.2 Å². The Morgan fingerprint density at radius 2 is 2.00 bits per heavy atom. The first kappa shape index (κ1) is 10.9. The molecule has 1 aromatic carbocycles. The largest absolute Gasteiger partial charge is 0.416 e. The minimum atomic E-state index is -4.44. The SMILES string of the molecule is O=C1CC(c2ccccc2C(F)(F)F)ON1. The molecule has 0 bridgehead atoms. The van der Waals surface area contributed by atoms with Crippen molar-refractivity contribution in [1.82, 2.24) is 5.48 Å². The van der Waals surface area contributed by atoms with Crippen LogP contribution in [0.1, 0.15) is 23.7 Å². The van der Waals surface area contributed by atoms with Crippen LogP contribution in [-0.4, -0.2) is 5.91 Å². The predicted molar refractivity (Wildman–Crippen MR) is 48.0 cm³/mol. The van der Waals surface area contributed by atoms with Crippen LogP contribution in [0.15, 0.2) is 24.3 Å². The molecule has 0 spiro atoms. The van der Waals surface area contributed by atoms with Crippen molar-refractivity contribution >= 4 is 5.91 Å². The molecule has 0 saturated carbocycles. The van der Waals surface area contributed by atoms with Crippen LogP contribution in [0.3, 0.4) is 0 Å². The van der Waals surface area contributed by atoms with Crippen molar-refractivity contribution in [3.63, 3.8) is 0 Å². The highest BCUT2D eigenvalue weighted by Gasteiger charge is 2.37. The summed E-state index contributed by atoms with van der Waals surface area (Å²) >= 11 is 0. The molecule has 6 heteroatoms. The number of hydrogen-bond donors (Lipinski definition) is 1. The maximum atomic E-state index is 12.6. The number of rotatable bonds is 1. The first-order chi connectivity index (χ1) is 7.48. The molecule has 1 unspecified atom stereocenters. The van der Waals surface area contributed by atoms with Crippen molar-refractivity contribution in [2.75, 3.05) is 0 Å². The normalized spacial score (nSPS) is 20.9. The highest BCUT2D eigenvalue weighted by molar-refractivity contribution is 5.77. The maximum absolute atomic E-state index is 12.6. The first-order valence-corrected chi connectivity index (χ1v) is 4.59. The van der Waals surface area contributed by atoms with E-state index >= 15 is 0 Å². The van der Waals surface area contributed by atoms with Crippen molar-refractivity contribution < 1.29 is 22.8 Å². The van der Waals surface area contributed by atoms with Gasteiger partial charge in [-0.3, -0.25) is 9.63 Å². The lowest BCUT2D eigenvalue weighted by Crippen LogP contribution is -2.13. The van der Waals surface area contributed by atoms with Crippen LogP contribution in [0.5, 0.6) is 0 Å². The lowest BCUT2D eigenvalue weighted by Gasteiger charge is -2.15. The molecular weight excluding hydrogens is 223 g/mol. The number of alkyl halides is 3. The van der Waals surface area contributed by atoms with Gasteiger partial charge in [-0.25, -0.2) is 5.48 Å². The van der Waals surface area contributed by atoms with E-state index in [0.29, 0.717) is 0 Å². The Kier molecular flexibility index (Phi) is 2.59. The zero-order chi connectivity index (χ0) is 11.8. The number of halogens is 3. The molecule has 1 atom stereocenters. The monoisotopic (exact) mass is 231 g/mol. The Morgan fingerprint density at radius 1 is 1.31 bits per heavy atom. The van der Waals surface area contributed by atoms with E-state index < -0.39 is 23.8 Å². The quantitative estimate of drug-likeness (QED) is 0.804. The van der Waals surface area contributed by atoms with E-state index in [9.17, 15) is 18.0 Å². The second-order valence-electron chi connectivity index (χ2n) is 3.42. The van der Waals surface area contributed by atoms with E-state index in [1.165, 1.54) is 18.2 Å². The van der Waals surface area contributed by atoms with Crippen molar-refractivity contribution in [3.8, 4) is 0 Å². The molecule has 0 aliphatic carbocycles. The Bertz CT molecular complexity index is 417.